The Bertz CT molecular complexity index is 1490. The Morgan fingerprint density at radius 3 is 0.965 bits per heavy atom. The van der Waals surface area contributed by atoms with Crippen molar-refractivity contribution in [3.8, 4) is 0 Å². The van der Waals surface area contributed by atoms with E-state index in [0.29, 0.717) is 23.9 Å². The van der Waals surface area contributed by atoms with Gasteiger partial charge in [-0.05, 0) is 51.4 Å². The number of carbonyl (C=O) groups is 3. The summed E-state index contributed by atoms with van der Waals surface area (Å²) >= 11 is 0. The predicted octanol–water partition coefficient (Wildman–Crippen LogP) is 21.8. The van der Waals surface area contributed by atoms with E-state index in [1.54, 1.807) is 0 Å². The van der Waals surface area contributed by atoms with E-state index in [1.165, 1.54) is 270 Å². The van der Waals surface area contributed by atoms with Crippen molar-refractivity contribution in [3.63, 3.8) is 0 Å². The minimum absolute atomic E-state index is 0.146. The van der Waals surface area contributed by atoms with Crippen LogP contribution < -0.4 is 5.11 Å². The summed E-state index contributed by atoms with van der Waals surface area (Å²) in [6.07, 6.45) is 82.7. The van der Waals surface area contributed by atoms with E-state index in [1.807, 2.05) is 21.1 Å². The van der Waals surface area contributed by atoms with Crippen LogP contribution in [0.3, 0.4) is 0 Å². The van der Waals surface area contributed by atoms with Crippen LogP contribution in [-0.4, -0.2) is 82.3 Å². The van der Waals surface area contributed by atoms with Gasteiger partial charge in [-0.15, -0.1) is 0 Å². The van der Waals surface area contributed by atoms with Crippen molar-refractivity contribution in [3.05, 3.63) is 36.5 Å². The lowest BCUT2D eigenvalue weighted by Crippen LogP contribution is -2.44. The Kier molecular flexibility index (Phi) is 65.5. The van der Waals surface area contributed by atoms with E-state index in [0.717, 1.165) is 70.6 Å². The van der Waals surface area contributed by atoms with Crippen LogP contribution >= 0.6 is 0 Å². The summed E-state index contributed by atoms with van der Waals surface area (Å²) in [6.45, 7) is 4.76. The molecule has 0 saturated heterocycles. The average molecular weight is 1200 g/mol. The number of carboxylic acid groups (broad SMARTS) is 1. The summed E-state index contributed by atoms with van der Waals surface area (Å²) in [5.41, 5.74) is 0. The van der Waals surface area contributed by atoms with Crippen LogP contribution in [0.4, 0.5) is 0 Å². The topological polar surface area (TPSA) is 111 Å². The third-order valence-electron chi connectivity index (χ3n) is 16.9. The van der Waals surface area contributed by atoms with E-state index in [2.05, 4.69) is 50.3 Å². The van der Waals surface area contributed by atoms with E-state index in [-0.39, 0.29) is 32.2 Å². The highest BCUT2D eigenvalue weighted by Gasteiger charge is 2.22. The van der Waals surface area contributed by atoms with Gasteiger partial charge in [0.25, 0.3) is 0 Å². The number of carbonyl (C=O) groups excluding carboxylic acids is 3. The van der Waals surface area contributed by atoms with Crippen LogP contribution in [0.5, 0.6) is 0 Å². The summed E-state index contributed by atoms with van der Waals surface area (Å²) in [4.78, 5) is 37.4. The Hall–Kier alpha value is -2.49. The van der Waals surface area contributed by atoms with Gasteiger partial charge in [0, 0.05) is 12.8 Å². The second-order valence-electron chi connectivity index (χ2n) is 26.6. The Morgan fingerprint density at radius 1 is 0.353 bits per heavy atom. The van der Waals surface area contributed by atoms with Gasteiger partial charge < -0.3 is 33.3 Å². The van der Waals surface area contributed by atoms with E-state index in [4.69, 9.17) is 18.9 Å². The zero-order valence-electron chi connectivity index (χ0n) is 57.3. The molecule has 0 aromatic carbocycles. The van der Waals surface area contributed by atoms with Gasteiger partial charge in [-0.2, -0.15) is 0 Å². The third kappa shape index (κ3) is 68.9. The van der Waals surface area contributed by atoms with Gasteiger partial charge in [-0.25, -0.2) is 0 Å². The van der Waals surface area contributed by atoms with Crippen molar-refractivity contribution in [1.82, 2.24) is 0 Å². The maximum Gasteiger partial charge on any atom is 0.306 e. The number of carboxylic acids is 1. The van der Waals surface area contributed by atoms with Gasteiger partial charge >= 0.3 is 11.9 Å². The Balaban J connectivity index is 3.90. The van der Waals surface area contributed by atoms with E-state index < -0.39 is 24.3 Å². The lowest BCUT2D eigenvalue weighted by molar-refractivity contribution is -0.870. The fraction of sp³-hybridized carbons (Fsp3) is 0.882. The largest absolute Gasteiger partial charge is 0.545 e. The summed E-state index contributed by atoms with van der Waals surface area (Å²) in [6, 6.07) is 0. The first kappa shape index (κ1) is 82.5. The highest BCUT2D eigenvalue weighted by molar-refractivity contribution is 5.70. The molecule has 0 aliphatic rings. The number of hydrogen-bond donors (Lipinski definition) is 0. The number of quaternary nitrogens is 1. The number of esters is 2. The van der Waals surface area contributed by atoms with Crippen LogP contribution in [-0.2, 0) is 33.3 Å². The monoisotopic (exact) mass is 1200 g/mol. The molecule has 0 spiro atoms. The molecule has 0 N–H and O–H groups in total. The smallest absolute Gasteiger partial charge is 0.306 e. The standard InChI is InChI=1S/C76H143NO8/c1-6-8-10-12-14-16-18-20-22-24-26-27-28-29-30-31-32-33-34-35-36-37-38-39-40-41-42-43-44-45-46-47-49-50-52-54-56-58-60-62-64-66-73(78)83-70-72(71-84-76(75(80)81)82-69-68-77(3,4)5)85-74(79)67-65-63-61-59-57-55-53-51-48-25-23-21-19-17-15-13-11-9-7-2/h15,17,21,23,48,51,72,76H,6-14,16,18-20,22,24-47,49-50,52-71H2,1-5H3/b17-15-,23-21-,51-48-. The average Bonchev–Trinajstić information content (AvgIpc) is 3.48. The van der Waals surface area contributed by atoms with E-state index in [9.17, 15) is 19.5 Å². The summed E-state index contributed by atoms with van der Waals surface area (Å²) in [5.74, 6) is -2.28. The van der Waals surface area contributed by atoms with Crippen LogP contribution in [0.15, 0.2) is 36.5 Å². The zero-order valence-corrected chi connectivity index (χ0v) is 57.3. The van der Waals surface area contributed by atoms with Gasteiger partial charge in [-0.1, -0.05) is 346 Å². The number of aliphatic carboxylic acids is 1. The van der Waals surface area contributed by atoms with Crippen molar-refractivity contribution >= 4 is 17.9 Å². The molecule has 0 heterocycles. The van der Waals surface area contributed by atoms with Crippen molar-refractivity contribution in [2.45, 2.75) is 386 Å². The molecule has 0 aromatic rings. The molecule has 0 amide bonds. The van der Waals surface area contributed by atoms with Crippen molar-refractivity contribution in [1.29, 1.82) is 0 Å². The van der Waals surface area contributed by atoms with E-state index >= 15 is 0 Å². The molecule has 0 aliphatic heterocycles. The number of likely N-dealkylation sites (N-methyl/N-ethyl adjacent to an activating group) is 1. The molecule has 0 bridgehead atoms. The first-order valence-electron chi connectivity index (χ1n) is 37.1. The number of rotatable bonds is 70. The molecule has 85 heavy (non-hydrogen) atoms. The Labute approximate surface area is 528 Å². The first-order valence-corrected chi connectivity index (χ1v) is 37.1. The molecule has 2 unspecified atom stereocenters. The fourth-order valence-electron chi connectivity index (χ4n) is 11.2. The maximum atomic E-state index is 12.9. The lowest BCUT2D eigenvalue weighted by Gasteiger charge is -2.26. The van der Waals surface area contributed by atoms with Crippen molar-refractivity contribution in [2.75, 3.05) is 47.5 Å². The molecule has 0 fully saturated rings. The molecule has 0 aromatic heterocycles. The number of ether oxygens (including phenoxy) is 4. The molecule has 0 aliphatic carbocycles. The van der Waals surface area contributed by atoms with Gasteiger partial charge in [0.2, 0.25) is 0 Å². The molecule has 500 valence electrons. The van der Waals surface area contributed by atoms with Crippen molar-refractivity contribution in [2.24, 2.45) is 0 Å². The predicted molar refractivity (Wildman–Crippen MR) is 362 cm³/mol. The summed E-state index contributed by atoms with van der Waals surface area (Å²) < 4.78 is 22.8. The number of nitrogens with zero attached hydrogens (tertiary/aromatic N) is 1. The molecule has 0 rings (SSSR count). The molecule has 9 heteroatoms. The molecular weight excluding hydrogens is 1050 g/mol. The quantitative estimate of drug-likeness (QED) is 0.0195. The van der Waals surface area contributed by atoms with Crippen LogP contribution in [0.1, 0.15) is 373 Å². The molecule has 0 radical (unpaired) electrons. The zero-order chi connectivity index (χ0) is 61.9. The second kappa shape index (κ2) is 67.4. The van der Waals surface area contributed by atoms with Crippen LogP contribution in [0.2, 0.25) is 0 Å². The lowest BCUT2D eigenvalue weighted by atomic mass is 10.0. The molecule has 2 atom stereocenters. The first-order chi connectivity index (χ1) is 41.6. The number of hydrogen-bond acceptors (Lipinski definition) is 8. The van der Waals surface area contributed by atoms with Crippen LogP contribution in [0, 0.1) is 0 Å². The molecule has 0 saturated carbocycles. The fourth-order valence-corrected chi connectivity index (χ4v) is 11.2. The molecule has 9 nitrogen and oxygen atoms in total. The SMILES string of the molecule is CCCCC/C=C\C/C=C\C/C=C\CCCCCCCCC(=O)OC(COC(=O)CCCCCCCCCCCCCCCCCCCCCCCCCCCCCCCCCCCCCCCCCCC)COC(OCC[N+](C)(C)C)C(=O)[O-]. The van der Waals surface area contributed by atoms with Crippen molar-refractivity contribution < 1.29 is 42.9 Å². The number of allylic oxidation sites excluding steroid dienone is 6. The molecular formula is C76H143NO8. The van der Waals surface area contributed by atoms with Gasteiger partial charge in [0.1, 0.15) is 13.2 Å². The van der Waals surface area contributed by atoms with Gasteiger partial charge in [0.15, 0.2) is 12.4 Å². The number of unbranched alkanes of at least 4 members (excludes halogenated alkanes) is 49. The highest BCUT2D eigenvalue weighted by atomic mass is 16.7. The Morgan fingerprint density at radius 2 is 0.635 bits per heavy atom. The summed E-state index contributed by atoms with van der Waals surface area (Å²) in [5, 5.41) is 11.8. The van der Waals surface area contributed by atoms with Gasteiger partial charge in [0.05, 0.1) is 40.3 Å². The minimum Gasteiger partial charge on any atom is -0.545 e. The maximum absolute atomic E-state index is 12.9. The normalized spacial score (nSPS) is 12.8. The summed E-state index contributed by atoms with van der Waals surface area (Å²) in [7, 11) is 5.93. The van der Waals surface area contributed by atoms with Crippen LogP contribution in [0.25, 0.3) is 0 Å². The second-order valence-corrected chi connectivity index (χ2v) is 26.6. The highest BCUT2D eigenvalue weighted by Crippen LogP contribution is 2.19. The van der Waals surface area contributed by atoms with Gasteiger partial charge in [-0.3, -0.25) is 9.59 Å². The third-order valence-corrected chi connectivity index (χ3v) is 16.9. The minimum atomic E-state index is -1.62.